The van der Waals surface area contributed by atoms with Gasteiger partial charge in [0.1, 0.15) is 6.29 Å². The van der Waals surface area contributed by atoms with Gasteiger partial charge in [0.2, 0.25) is 0 Å². The molecule has 0 fully saturated rings. The molecule has 1 rings (SSSR count). The number of rotatable bonds is 5. The van der Waals surface area contributed by atoms with Crippen LogP contribution in [-0.2, 0) is 4.79 Å². The van der Waals surface area contributed by atoms with Crippen LogP contribution in [0.2, 0.25) is 0 Å². The summed E-state index contributed by atoms with van der Waals surface area (Å²) in [7, 11) is 1.92. The summed E-state index contributed by atoms with van der Waals surface area (Å²) in [6.45, 7) is 4.86. The summed E-state index contributed by atoms with van der Waals surface area (Å²) >= 11 is 0. The average Bonchev–Trinajstić information content (AvgIpc) is 2.28. The smallest absolute Gasteiger partial charge is 0.139 e. The molecule has 0 N–H and O–H groups in total. The molecular formula is C13H19NO. The number of carbonyl (C=O) groups excluding carboxylic acids is 1. The topological polar surface area (TPSA) is 20.3 Å². The van der Waals surface area contributed by atoms with Crippen LogP contribution >= 0.6 is 0 Å². The first-order valence-corrected chi connectivity index (χ1v) is 5.43. The highest BCUT2D eigenvalue weighted by Gasteiger charge is 2.04. The van der Waals surface area contributed by atoms with Crippen LogP contribution in [-0.4, -0.2) is 19.9 Å². The minimum absolute atomic E-state index is 0.447. The molecule has 1 unspecified atom stereocenters. The summed E-state index contributed by atoms with van der Waals surface area (Å²) < 4.78 is 0. The second-order valence-electron chi connectivity index (χ2n) is 3.95. The number of carbonyl (C=O) groups is 1. The maximum Gasteiger partial charge on any atom is 0.139 e. The molecular weight excluding hydrogens is 186 g/mol. The molecule has 15 heavy (non-hydrogen) atoms. The number of nitrogens with zero attached hydrogens (tertiary/aromatic N) is 1. The normalized spacial score (nSPS) is 12.2. The molecule has 0 saturated heterocycles. The third kappa shape index (κ3) is 3.08. The SMILES string of the molecule is CCC(C)c1ccc(N(C)CC=O)cc1. The summed E-state index contributed by atoms with van der Waals surface area (Å²) in [5.41, 5.74) is 2.45. The van der Waals surface area contributed by atoms with E-state index in [-0.39, 0.29) is 0 Å². The summed E-state index contributed by atoms with van der Waals surface area (Å²) in [6, 6.07) is 8.44. The molecule has 1 aromatic rings. The van der Waals surface area contributed by atoms with Crippen LogP contribution in [0.1, 0.15) is 31.7 Å². The van der Waals surface area contributed by atoms with Gasteiger partial charge in [0, 0.05) is 12.7 Å². The van der Waals surface area contributed by atoms with Crippen LogP contribution in [0.5, 0.6) is 0 Å². The van der Waals surface area contributed by atoms with Gasteiger partial charge in [-0.05, 0) is 30.0 Å². The maximum atomic E-state index is 10.4. The van der Waals surface area contributed by atoms with E-state index < -0.39 is 0 Å². The number of aldehydes is 1. The van der Waals surface area contributed by atoms with Crippen LogP contribution in [0.3, 0.4) is 0 Å². The minimum atomic E-state index is 0.447. The molecule has 2 nitrogen and oxygen atoms in total. The fraction of sp³-hybridized carbons (Fsp3) is 0.462. The Balaban J connectivity index is 2.75. The predicted molar refractivity (Wildman–Crippen MR) is 64.5 cm³/mol. The predicted octanol–water partition coefficient (Wildman–Crippen LogP) is 2.84. The Bertz CT molecular complexity index is 305. The molecule has 0 bridgehead atoms. The molecule has 2 heteroatoms. The lowest BCUT2D eigenvalue weighted by Gasteiger charge is -2.17. The number of benzene rings is 1. The number of anilines is 1. The third-order valence-corrected chi connectivity index (χ3v) is 2.86. The van der Waals surface area contributed by atoms with Crippen molar-refractivity contribution in [2.45, 2.75) is 26.2 Å². The van der Waals surface area contributed by atoms with E-state index >= 15 is 0 Å². The first kappa shape index (κ1) is 11.8. The second-order valence-corrected chi connectivity index (χ2v) is 3.95. The Kier molecular flexibility index (Phi) is 4.35. The van der Waals surface area contributed by atoms with Gasteiger partial charge in [-0.15, -0.1) is 0 Å². The van der Waals surface area contributed by atoms with Crippen molar-refractivity contribution in [3.63, 3.8) is 0 Å². The van der Waals surface area contributed by atoms with E-state index in [2.05, 4.69) is 38.1 Å². The minimum Gasteiger partial charge on any atom is -0.368 e. The Labute approximate surface area is 91.9 Å². The molecule has 0 radical (unpaired) electrons. The van der Waals surface area contributed by atoms with Crippen molar-refractivity contribution >= 4 is 12.0 Å². The van der Waals surface area contributed by atoms with Gasteiger partial charge in [-0.1, -0.05) is 26.0 Å². The van der Waals surface area contributed by atoms with Gasteiger partial charge in [0.25, 0.3) is 0 Å². The Morgan fingerprint density at radius 2 is 1.93 bits per heavy atom. The highest BCUT2D eigenvalue weighted by atomic mass is 16.1. The van der Waals surface area contributed by atoms with Crippen LogP contribution < -0.4 is 4.90 Å². The summed E-state index contributed by atoms with van der Waals surface area (Å²) in [6.07, 6.45) is 2.08. The quantitative estimate of drug-likeness (QED) is 0.689. The van der Waals surface area contributed by atoms with Crippen molar-refractivity contribution in [1.82, 2.24) is 0 Å². The van der Waals surface area contributed by atoms with Gasteiger partial charge in [-0.3, -0.25) is 0 Å². The zero-order valence-electron chi connectivity index (χ0n) is 9.73. The molecule has 1 atom stereocenters. The lowest BCUT2D eigenvalue weighted by molar-refractivity contribution is -0.106. The molecule has 0 amide bonds. The van der Waals surface area contributed by atoms with Crippen molar-refractivity contribution < 1.29 is 4.79 Å². The van der Waals surface area contributed by atoms with Crippen LogP contribution in [0.15, 0.2) is 24.3 Å². The van der Waals surface area contributed by atoms with Crippen molar-refractivity contribution in [2.75, 3.05) is 18.5 Å². The standard InChI is InChI=1S/C13H19NO/c1-4-11(2)12-5-7-13(8-6-12)14(3)9-10-15/h5-8,10-11H,4,9H2,1-3H3. The van der Waals surface area contributed by atoms with Gasteiger partial charge >= 0.3 is 0 Å². The van der Waals surface area contributed by atoms with E-state index in [1.807, 2.05) is 11.9 Å². The fourth-order valence-electron chi connectivity index (χ4n) is 1.51. The first-order chi connectivity index (χ1) is 7.19. The van der Waals surface area contributed by atoms with Gasteiger partial charge < -0.3 is 9.69 Å². The van der Waals surface area contributed by atoms with Crippen LogP contribution in [0, 0.1) is 0 Å². The van der Waals surface area contributed by atoms with Crippen molar-refractivity contribution in [3.05, 3.63) is 29.8 Å². The zero-order chi connectivity index (χ0) is 11.3. The largest absolute Gasteiger partial charge is 0.368 e. The van der Waals surface area contributed by atoms with Gasteiger partial charge in [-0.2, -0.15) is 0 Å². The molecule has 82 valence electrons. The van der Waals surface area contributed by atoms with Crippen LogP contribution in [0.25, 0.3) is 0 Å². The van der Waals surface area contributed by atoms with E-state index in [1.165, 1.54) is 5.56 Å². The van der Waals surface area contributed by atoms with E-state index in [9.17, 15) is 4.79 Å². The Hall–Kier alpha value is -1.31. The highest BCUT2D eigenvalue weighted by molar-refractivity contribution is 5.60. The lowest BCUT2D eigenvalue weighted by Crippen LogP contribution is -2.19. The third-order valence-electron chi connectivity index (χ3n) is 2.86. The molecule has 0 heterocycles. The van der Waals surface area contributed by atoms with Gasteiger partial charge in [-0.25, -0.2) is 0 Å². The number of hydrogen-bond acceptors (Lipinski definition) is 2. The van der Waals surface area contributed by atoms with Crippen molar-refractivity contribution in [3.8, 4) is 0 Å². The zero-order valence-corrected chi connectivity index (χ0v) is 9.73. The molecule has 0 spiro atoms. The summed E-state index contributed by atoms with van der Waals surface area (Å²) in [5, 5.41) is 0. The first-order valence-electron chi connectivity index (χ1n) is 5.43. The van der Waals surface area contributed by atoms with Gasteiger partial charge in [0.15, 0.2) is 0 Å². The molecule has 0 aliphatic heterocycles. The van der Waals surface area contributed by atoms with E-state index in [0.29, 0.717) is 12.5 Å². The average molecular weight is 205 g/mol. The number of hydrogen-bond donors (Lipinski definition) is 0. The lowest BCUT2D eigenvalue weighted by atomic mass is 9.98. The monoisotopic (exact) mass is 205 g/mol. The van der Waals surface area contributed by atoms with E-state index in [4.69, 9.17) is 0 Å². The van der Waals surface area contributed by atoms with E-state index in [1.54, 1.807) is 0 Å². The van der Waals surface area contributed by atoms with E-state index in [0.717, 1.165) is 18.4 Å². The second kappa shape index (κ2) is 5.54. The van der Waals surface area contributed by atoms with Crippen molar-refractivity contribution in [1.29, 1.82) is 0 Å². The molecule has 0 aliphatic rings. The van der Waals surface area contributed by atoms with Gasteiger partial charge in [0.05, 0.1) is 6.54 Å². The van der Waals surface area contributed by atoms with Crippen LogP contribution in [0.4, 0.5) is 5.69 Å². The molecule has 0 aliphatic carbocycles. The van der Waals surface area contributed by atoms with Crippen molar-refractivity contribution in [2.24, 2.45) is 0 Å². The Morgan fingerprint density at radius 3 is 2.40 bits per heavy atom. The number of likely N-dealkylation sites (N-methyl/N-ethyl adjacent to an activating group) is 1. The fourth-order valence-corrected chi connectivity index (χ4v) is 1.51. The molecule has 0 saturated carbocycles. The maximum absolute atomic E-state index is 10.4. The Morgan fingerprint density at radius 1 is 1.33 bits per heavy atom. The highest BCUT2D eigenvalue weighted by Crippen LogP contribution is 2.21. The summed E-state index contributed by atoms with van der Waals surface area (Å²) in [4.78, 5) is 12.3. The summed E-state index contributed by atoms with van der Waals surface area (Å²) in [5.74, 6) is 0.607. The molecule has 0 aromatic heterocycles. The molecule has 1 aromatic carbocycles.